The molecule has 0 aromatic heterocycles. The molecule has 1 aliphatic carbocycles. The quantitative estimate of drug-likeness (QED) is 0.831. The molecule has 1 aromatic rings. The minimum Gasteiger partial charge on any atom is -0.369 e. The standard InChI is InChI=1S/C21H30N4O2/c1-16-7-6-8-17(2)21(16)19(26)25(20(27)22-21)15-23-11-13-24(14-12-23)18-9-4-3-5-10-18/h3-5,9-10,16-17H,6-8,11-15H2,1-2H3,(H,22,27). The Labute approximate surface area is 161 Å². The lowest BCUT2D eigenvalue weighted by Crippen LogP contribution is -2.59. The molecular formula is C21H30N4O2. The van der Waals surface area contributed by atoms with Crippen molar-refractivity contribution in [2.75, 3.05) is 37.7 Å². The SMILES string of the molecule is CC1CCCC(C)C12NC(=O)N(CN1CCN(c3ccccc3)CC1)C2=O. The Morgan fingerprint density at radius 3 is 2.26 bits per heavy atom. The molecule has 1 saturated carbocycles. The van der Waals surface area contributed by atoms with Gasteiger partial charge >= 0.3 is 6.03 Å². The predicted molar refractivity (Wildman–Crippen MR) is 105 cm³/mol. The molecule has 27 heavy (non-hydrogen) atoms. The summed E-state index contributed by atoms with van der Waals surface area (Å²) in [6, 6.07) is 10.2. The summed E-state index contributed by atoms with van der Waals surface area (Å²) in [5, 5.41) is 3.09. The number of amides is 3. The molecule has 146 valence electrons. The monoisotopic (exact) mass is 370 g/mol. The minimum absolute atomic E-state index is 0.0160. The predicted octanol–water partition coefficient (Wildman–Crippen LogP) is 2.51. The van der Waals surface area contributed by atoms with E-state index >= 15 is 0 Å². The number of rotatable bonds is 3. The summed E-state index contributed by atoms with van der Waals surface area (Å²) in [6.07, 6.45) is 3.13. The molecule has 2 unspecified atom stereocenters. The number of anilines is 1. The summed E-state index contributed by atoms with van der Waals surface area (Å²) in [5.74, 6) is 0.368. The van der Waals surface area contributed by atoms with E-state index in [-0.39, 0.29) is 23.8 Å². The lowest BCUT2D eigenvalue weighted by molar-refractivity contribution is -0.138. The van der Waals surface area contributed by atoms with Crippen LogP contribution in [0.2, 0.25) is 0 Å². The van der Waals surface area contributed by atoms with Crippen LogP contribution in [0.15, 0.2) is 30.3 Å². The molecule has 3 amide bonds. The van der Waals surface area contributed by atoms with Crippen molar-refractivity contribution in [2.24, 2.45) is 11.8 Å². The molecule has 3 aliphatic rings. The van der Waals surface area contributed by atoms with E-state index in [0.29, 0.717) is 6.67 Å². The first-order valence-corrected chi connectivity index (χ1v) is 10.2. The number of para-hydroxylation sites is 1. The van der Waals surface area contributed by atoms with E-state index in [1.165, 1.54) is 10.6 Å². The highest BCUT2D eigenvalue weighted by molar-refractivity contribution is 6.07. The van der Waals surface area contributed by atoms with Crippen LogP contribution in [0.4, 0.5) is 10.5 Å². The molecule has 6 nitrogen and oxygen atoms in total. The van der Waals surface area contributed by atoms with Crippen molar-refractivity contribution in [3.8, 4) is 0 Å². The second kappa shape index (κ2) is 7.15. The fraction of sp³-hybridized carbons (Fsp3) is 0.619. The Hall–Kier alpha value is -2.08. The molecule has 2 atom stereocenters. The van der Waals surface area contributed by atoms with Gasteiger partial charge in [0.15, 0.2) is 0 Å². The van der Waals surface area contributed by atoms with Crippen LogP contribution in [0, 0.1) is 11.8 Å². The number of hydrogen-bond donors (Lipinski definition) is 1. The minimum atomic E-state index is -0.693. The fourth-order valence-electron chi connectivity index (χ4n) is 5.07. The van der Waals surface area contributed by atoms with Crippen LogP contribution in [0.1, 0.15) is 33.1 Å². The van der Waals surface area contributed by atoms with Gasteiger partial charge < -0.3 is 10.2 Å². The first-order chi connectivity index (χ1) is 13.0. The lowest BCUT2D eigenvalue weighted by Gasteiger charge is -2.42. The summed E-state index contributed by atoms with van der Waals surface area (Å²) < 4.78 is 0. The maximum Gasteiger partial charge on any atom is 0.326 e. The van der Waals surface area contributed by atoms with Gasteiger partial charge in [0, 0.05) is 31.9 Å². The van der Waals surface area contributed by atoms with Gasteiger partial charge in [-0.2, -0.15) is 0 Å². The Kier molecular flexibility index (Phi) is 4.84. The first-order valence-electron chi connectivity index (χ1n) is 10.2. The average molecular weight is 370 g/mol. The Bertz CT molecular complexity index is 689. The van der Waals surface area contributed by atoms with Gasteiger partial charge in [0.2, 0.25) is 0 Å². The van der Waals surface area contributed by atoms with Crippen LogP contribution in [-0.2, 0) is 4.79 Å². The number of carbonyl (C=O) groups excluding carboxylic acids is 2. The highest BCUT2D eigenvalue weighted by atomic mass is 16.2. The van der Waals surface area contributed by atoms with Crippen LogP contribution in [0.5, 0.6) is 0 Å². The van der Waals surface area contributed by atoms with Gasteiger partial charge in [-0.25, -0.2) is 9.69 Å². The molecule has 2 aliphatic heterocycles. The van der Waals surface area contributed by atoms with E-state index in [0.717, 1.165) is 45.4 Å². The van der Waals surface area contributed by atoms with E-state index in [1.54, 1.807) is 0 Å². The highest BCUT2D eigenvalue weighted by Crippen LogP contribution is 2.42. The summed E-state index contributed by atoms with van der Waals surface area (Å²) >= 11 is 0. The van der Waals surface area contributed by atoms with Crippen molar-refractivity contribution < 1.29 is 9.59 Å². The number of piperazine rings is 1. The number of benzene rings is 1. The van der Waals surface area contributed by atoms with E-state index < -0.39 is 5.54 Å². The molecule has 0 bridgehead atoms. The zero-order chi connectivity index (χ0) is 19.0. The zero-order valence-electron chi connectivity index (χ0n) is 16.4. The lowest BCUT2D eigenvalue weighted by atomic mass is 9.67. The fourth-order valence-corrected chi connectivity index (χ4v) is 5.07. The van der Waals surface area contributed by atoms with Gasteiger partial charge in [-0.1, -0.05) is 38.5 Å². The maximum absolute atomic E-state index is 13.3. The van der Waals surface area contributed by atoms with E-state index in [1.807, 2.05) is 6.07 Å². The molecule has 1 N–H and O–H groups in total. The van der Waals surface area contributed by atoms with Crippen LogP contribution < -0.4 is 10.2 Å². The van der Waals surface area contributed by atoms with Crippen LogP contribution in [-0.4, -0.2) is 60.1 Å². The molecule has 3 fully saturated rings. The normalized spacial score (nSPS) is 32.2. The van der Waals surface area contributed by atoms with Crippen molar-refractivity contribution in [2.45, 2.75) is 38.6 Å². The number of imide groups is 1. The molecule has 1 spiro atoms. The van der Waals surface area contributed by atoms with Crippen molar-refractivity contribution in [3.63, 3.8) is 0 Å². The largest absolute Gasteiger partial charge is 0.369 e. The van der Waals surface area contributed by atoms with Crippen LogP contribution in [0.25, 0.3) is 0 Å². The topological polar surface area (TPSA) is 55.9 Å². The van der Waals surface area contributed by atoms with E-state index in [4.69, 9.17) is 0 Å². The molecule has 4 rings (SSSR count). The van der Waals surface area contributed by atoms with Gasteiger partial charge in [-0.15, -0.1) is 0 Å². The zero-order valence-corrected chi connectivity index (χ0v) is 16.4. The third kappa shape index (κ3) is 3.10. The van der Waals surface area contributed by atoms with Crippen molar-refractivity contribution in [3.05, 3.63) is 30.3 Å². The Morgan fingerprint density at radius 2 is 1.63 bits per heavy atom. The summed E-state index contributed by atoms with van der Waals surface area (Å²) in [5.41, 5.74) is 0.539. The summed E-state index contributed by atoms with van der Waals surface area (Å²) in [4.78, 5) is 32.0. The molecular weight excluding hydrogens is 340 g/mol. The van der Waals surface area contributed by atoms with Crippen LogP contribution >= 0.6 is 0 Å². The second-order valence-corrected chi connectivity index (χ2v) is 8.35. The average Bonchev–Trinajstić information content (AvgIpc) is 2.93. The van der Waals surface area contributed by atoms with Crippen molar-refractivity contribution in [1.82, 2.24) is 15.1 Å². The number of nitrogens with one attached hydrogen (secondary N) is 1. The number of carbonyl (C=O) groups is 2. The van der Waals surface area contributed by atoms with Crippen LogP contribution in [0.3, 0.4) is 0 Å². The number of urea groups is 1. The van der Waals surface area contributed by atoms with Gasteiger partial charge in [0.05, 0.1) is 6.67 Å². The summed E-state index contributed by atoms with van der Waals surface area (Å²) in [6.45, 7) is 8.13. The van der Waals surface area contributed by atoms with Crippen molar-refractivity contribution in [1.29, 1.82) is 0 Å². The summed E-state index contributed by atoms with van der Waals surface area (Å²) in [7, 11) is 0. The van der Waals surface area contributed by atoms with Gasteiger partial charge in [-0.3, -0.25) is 9.69 Å². The van der Waals surface area contributed by atoms with Gasteiger partial charge in [-0.05, 0) is 36.8 Å². The number of hydrogen-bond acceptors (Lipinski definition) is 4. The molecule has 2 heterocycles. The van der Waals surface area contributed by atoms with Gasteiger partial charge in [0.25, 0.3) is 5.91 Å². The first kappa shape index (κ1) is 18.3. The Balaban J connectivity index is 1.40. The smallest absolute Gasteiger partial charge is 0.326 e. The Morgan fingerprint density at radius 1 is 1.00 bits per heavy atom. The van der Waals surface area contributed by atoms with E-state index in [2.05, 4.69) is 53.2 Å². The molecule has 0 radical (unpaired) electrons. The molecule has 2 saturated heterocycles. The third-order valence-electron chi connectivity index (χ3n) is 6.82. The van der Waals surface area contributed by atoms with Crippen molar-refractivity contribution >= 4 is 17.6 Å². The maximum atomic E-state index is 13.3. The second-order valence-electron chi connectivity index (χ2n) is 8.35. The van der Waals surface area contributed by atoms with E-state index in [9.17, 15) is 9.59 Å². The third-order valence-corrected chi connectivity index (χ3v) is 6.82. The number of nitrogens with zero attached hydrogens (tertiary/aromatic N) is 3. The molecule has 6 heteroatoms. The highest BCUT2D eigenvalue weighted by Gasteiger charge is 2.58. The van der Waals surface area contributed by atoms with Gasteiger partial charge in [0.1, 0.15) is 5.54 Å². The molecule has 1 aromatic carbocycles.